The fraction of sp³-hybridized carbons (Fsp3) is 1.00. The van der Waals surface area contributed by atoms with Crippen LogP contribution in [-0.4, -0.2) is 326 Å². The molecule has 392 valence electrons. The summed E-state index contributed by atoms with van der Waals surface area (Å²) in [6.07, 6.45) is -57.3. The van der Waals surface area contributed by atoms with Gasteiger partial charge >= 0.3 is 0 Å². The first-order valence-electron chi connectivity index (χ1n) is 21.1. The predicted molar refractivity (Wildman–Crippen MR) is 199 cm³/mol. The summed E-state index contributed by atoms with van der Waals surface area (Å²) in [6, 6.07) is 0. The van der Waals surface area contributed by atoms with Gasteiger partial charge in [-0.3, -0.25) is 0 Å². The Bertz CT molecular complexity index is 1500. The highest BCUT2D eigenvalue weighted by Crippen LogP contribution is 2.37. The van der Waals surface area contributed by atoms with Crippen LogP contribution < -0.4 is 0 Å². The summed E-state index contributed by atoms with van der Waals surface area (Å²) in [4.78, 5) is 0. The van der Waals surface area contributed by atoms with Gasteiger partial charge in [0.1, 0.15) is 146 Å². The lowest BCUT2D eigenvalue weighted by Crippen LogP contribution is -2.67. The van der Waals surface area contributed by atoms with Crippen LogP contribution in [0.2, 0.25) is 0 Å². The molecule has 6 aliphatic heterocycles. The Balaban J connectivity index is 1.15. The van der Waals surface area contributed by atoms with Crippen molar-refractivity contribution in [1.29, 1.82) is 0 Å². The lowest BCUT2D eigenvalue weighted by atomic mass is 9.96. The molecule has 0 aliphatic carbocycles. The normalized spacial score (nSPS) is 52.6. The van der Waals surface area contributed by atoms with Gasteiger partial charge in [-0.15, -0.1) is 0 Å². The molecule has 0 radical (unpaired) electrons. The van der Waals surface area contributed by atoms with Gasteiger partial charge in [0, 0.05) is 0 Å². The summed E-state index contributed by atoms with van der Waals surface area (Å²) < 4.78 is 60.8. The molecule has 31 heteroatoms. The number of hydrogen-bond donors (Lipinski definition) is 20. The summed E-state index contributed by atoms with van der Waals surface area (Å²) in [6.45, 7) is -5.81. The summed E-state index contributed by atoms with van der Waals surface area (Å²) in [7, 11) is 0. The molecule has 6 aliphatic rings. The van der Waals surface area contributed by atoms with Crippen molar-refractivity contribution in [3.8, 4) is 0 Å². The Morgan fingerprint density at radius 2 is 0.642 bits per heavy atom. The van der Waals surface area contributed by atoms with Gasteiger partial charge < -0.3 is 154 Å². The Kier molecular flexibility index (Phi) is 19.4. The van der Waals surface area contributed by atoms with E-state index in [-0.39, 0.29) is 0 Å². The van der Waals surface area contributed by atoms with Gasteiger partial charge in [0.15, 0.2) is 37.7 Å². The minimum Gasteiger partial charge on any atom is -0.394 e. The zero-order valence-electron chi connectivity index (χ0n) is 35.0. The van der Waals surface area contributed by atoms with E-state index < -0.39 is 224 Å². The molecule has 0 spiro atoms. The van der Waals surface area contributed by atoms with Gasteiger partial charge in [0.25, 0.3) is 0 Å². The van der Waals surface area contributed by atoms with Crippen LogP contribution in [0.4, 0.5) is 0 Å². The van der Waals surface area contributed by atoms with Crippen LogP contribution in [0.15, 0.2) is 0 Å². The number of aliphatic hydroxyl groups excluding tert-OH is 20. The molecule has 6 fully saturated rings. The molecule has 6 heterocycles. The van der Waals surface area contributed by atoms with Gasteiger partial charge in [-0.05, 0) is 0 Å². The monoisotopic (exact) mass is 990 g/mol. The van der Waals surface area contributed by atoms with Crippen molar-refractivity contribution in [2.24, 2.45) is 0 Å². The van der Waals surface area contributed by atoms with Crippen LogP contribution >= 0.6 is 0 Å². The van der Waals surface area contributed by atoms with Crippen LogP contribution in [0.1, 0.15) is 0 Å². The second-order valence-electron chi connectivity index (χ2n) is 16.8. The molecular weight excluding hydrogens is 928 g/mol. The standard InChI is InChI=1S/C36H62O31/c37-1-7-13(43)17(47)20(50)32(57-7)64-26-11(5-41)61-34(22(52)19(26)49)67-30-23(53)31(56)63-27(30)12(6-42)62-35-24(54)28(15(45)9(3-39)59-35)66-36-25(55)29(16(46)10(4-40)60-36)65-33-21(51)18(48)14(44)8(2-38)58-33/h7-56H,1-6H2/t7-,8-,9-,10-,11-,12-,13+,14+,15-,16-,17+,18+,19-,20-,21-,22-,23-,24-,25-,26-,27+,28+,29+,30-,31-,32+,33-,34+,35+,36-/m1/s1. The van der Waals surface area contributed by atoms with Crippen LogP contribution in [0, 0.1) is 0 Å². The van der Waals surface area contributed by atoms with E-state index in [4.69, 9.17) is 52.1 Å². The Morgan fingerprint density at radius 3 is 1.07 bits per heavy atom. The maximum Gasteiger partial charge on any atom is 0.187 e. The van der Waals surface area contributed by atoms with Crippen LogP contribution in [0.5, 0.6) is 0 Å². The minimum atomic E-state index is -2.20. The van der Waals surface area contributed by atoms with E-state index in [9.17, 15) is 102 Å². The predicted octanol–water partition coefficient (Wildman–Crippen LogP) is -14.1. The average molecular weight is 991 g/mol. The molecule has 0 aromatic rings. The average Bonchev–Trinajstić information content (AvgIpc) is 3.59. The molecule has 0 amide bonds. The number of hydrogen-bond acceptors (Lipinski definition) is 31. The quantitative estimate of drug-likeness (QED) is 0.0643. The number of rotatable bonds is 17. The second-order valence-corrected chi connectivity index (χ2v) is 16.8. The first-order chi connectivity index (χ1) is 31.8. The number of ether oxygens (including phenoxy) is 11. The van der Waals surface area contributed by atoms with Gasteiger partial charge in [0.05, 0.1) is 39.6 Å². The van der Waals surface area contributed by atoms with E-state index >= 15 is 0 Å². The summed E-state index contributed by atoms with van der Waals surface area (Å²) in [5.74, 6) is 0. The van der Waals surface area contributed by atoms with E-state index in [1.165, 1.54) is 0 Å². The fourth-order valence-corrected chi connectivity index (χ4v) is 8.49. The van der Waals surface area contributed by atoms with Crippen molar-refractivity contribution in [1.82, 2.24) is 0 Å². The maximum atomic E-state index is 11.5. The lowest BCUT2D eigenvalue weighted by molar-refractivity contribution is -0.384. The van der Waals surface area contributed by atoms with Crippen molar-refractivity contribution < 1.29 is 154 Å². The van der Waals surface area contributed by atoms with Gasteiger partial charge in [-0.25, -0.2) is 0 Å². The fourth-order valence-electron chi connectivity index (χ4n) is 8.49. The SMILES string of the molecule is OC[C@H]1O[C@@H](O[C@H]2[C@H](O)[C@@H](O)[C@H](O[C@@H]3[C@@H](O)[C@H](O)O[C@H]3[C@@H](CO)O[C@@H]3O[C@H](CO)[C@@H](O)[C@H](O[C@H]4O[C@H](CO)[C@@H](O)[C@H](O[C@H]5O[C@H](CO)[C@H](O)[C@H](O)[C@H]5O)[C@H]4O)[C@H]3O)O[C@@H]2CO)[C@H](O)[C@@H](O)[C@H]1O. The largest absolute Gasteiger partial charge is 0.394 e. The number of aliphatic hydroxyl groups is 20. The maximum absolute atomic E-state index is 11.5. The third kappa shape index (κ3) is 11.2. The summed E-state index contributed by atoms with van der Waals surface area (Å²) in [5.41, 5.74) is 0. The van der Waals surface area contributed by atoms with Gasteiger partial charge in [-0.2, -0.15) is 0 Å². The van der Waals surface area contributed by atoms with Crippen LogP contribution in [0.3, 0.4) is 0 Å². The topological polar surface area (TPSA) is 506 Å². The highest BCUT2D eigenvalue weighted by molar-refractivity contribution is 5.00. The van der Waals surface area contributed by atoms with E-state index in [1.54, 1.807) is 0 Å². The molecule has 20 N–H and O–H groups in total. The molecule has 0 aromatic carbocycles. The Labute approximate surface area is 378 Å². The van der Waals surface area contributed by atoms with E-state index in [1.807, 2.05) is 0 Å². The molecule has 6 rings (SSSR count). The summed E-state index contributed by atoms with van der Waals surface area (Å²) >= 11 is 0. The molecule has 31 nitrogen and oxygen atoms in total. The zero-order chi connectivity index (χ0) is 49.3. The summed E-state index contributed by atoms with van der Waals surface area (Å²) in [5, 5.41) is 210. The minimum absolute atomic E-state index is 0.842. The molecule has 0 saturated carbocycles. The van der Waals surface area contributed by atoms with Crippen molar-refractivity contribution in [2.45, 2.75) is 184 Å². The van der Waals surface area contributed by atoms with Gasteiger partial charge in [-0.1, -0.05) is 0 Å². The van der Waals surface area contributed by atoms with E-state index in [0.29, 0.717) is 0 Å². The molecule has 30 atom stereocenters. The zero-order valence-corrected chi connectivity index (χ0v) is 35.0. The van der Waals surface area contributed by atoms with Crippen molar-refractivity contribution >= 4 is 0 Å². The molecule has 0 unspecified atom stereocenters. The van der Waals surface area contributed by atoms with Crippen LogP contribution in [-0.2, 0) is 52.1 Å². The van der Waals surface area contributed by atoms with Crippen molar-refractivity contribution in [2.75, 3.05) is 39.6 Å². The Morgan fingerprint density at radius 1 is 0.299 bits per heavy atom. The third-order valence-corrected chi connectivity index (χ3v) is 12.4. The molecular formula is C36H62O31. The third-order valence-electron chi connectivity index (χ3n) is 12.4. The Hall–Kier alpha value is -1.24. The smallest absolute Gasteiger partial charge is 0.187 e. The van der Waals surface area contributed by atoms with Crippen molar-refractivity contribution in [3.63, 3.8) is 0 Å². The van der Waals surface area contributed by atoms with Gasteiger partial charge in [0.2, 0.25) is 0 Å². The highest BCUT2D eigenvalue weighted by atomic mass is 16.8. The lowest BCUT2D eigenvalue weighted by Gasteiger charge is -2.48. The molecule has 6 saturated heterocycles. The van der Waals surface area contributed by atoms with E-state index in [2.05, 4.69) is 0 Å². The second kappa shape index (κ2) is 23.5. The van der Waals surface area contributed by atoms with Crippen LogP contribution in [0.25, 0.3) is 0 Å². The molecule has 67 heavy (non-hydrogen) atoms. The highest BCUT2D eigenvalue weighted by Gasteiger charge is 2.58. The molecule has 0 bridgehead atoms. The van der Waals surface area contributed by atoms with Crippen molar-refractivity contribution in [3.05, 3.63) is 0 Å². The molecule has 0 aromatic heterocycles. The van der Waals surface area contributed by atoms with E-state index in [0.717, 1.165) is 0 Å². The first kappa shape index (κ1) is 55.1. The first-order valence-corrected chi connectivity index (χ1v) is 21.1.